The number of rotatable bonds is 3. The van der Waals surface area contributed by atoms with Crippen molar-refractivity contribution in [3.8, 4) is 0 Å². The molecule has 4 nitrogen and oxygen atoms in total. The zero-order chi connectivity index (χ0) is 12.4. The van der Waals surface area contributed by atoms with Gasteiger partial charge in [0.2, 0.25) is 0 Å². The molecule has 1 saturated heterocycles. The number of hydrogen-bond donors (Lipinski definition) is 1. The van der Waals surface area contributed by atoms with E-state index >= 15 is 0 Å². The maximum absolute atomic E-state index is 9.25. The van der Waals surface area contributed by atoms with Crippen LogP contribution in [0.1, 0.15) is 29.8 Å². The van der Waals surface area contributed by atoms with E-state index in [0.717, 1.165) is 31.7 Å². The van der Waals surface area contributed by atoms with Gasteiger partial charge in [-0.15, -0.1) is 0 Å². The minimum atomic E-state index is 0.321. The molecule has 0 spiro atoms. The van der Waals surface area contributed by atoms with Gasteiger partial charge in [-0.2, -0.15) is 5.10 Å². The SMILES string of the molecule is Cc1nn(C)c(C)c1CN1CCC[C@@H](CO)C1. The van der Waals surface area contributed by atoms with Crippen LogP contribution in [0.4, 0.5) is 0 Å². The lowest BCUT2D eigenvalue weighted by Crippen LogP contribution is -2.36. The number of aliphatic hydroxyl groups is 1. The predicted molar refractivity (Wildman–Crippen MR) is 67.8 cm³/mol. The van der Waals surface area contributed by atoms with Crippen LogP contribution in [0.2, 0.25) is 0 Å². The Bertz CT molecular complexity index is 386. The summed E-state index contributed by atoms with van der Waals surface area (Å²) in [5, 5.41) is 13.7. The van der Waals surface area contributed by atoms with Crippen LogP contribution in [0.15, 0.2) is 0 Å². The summed E-state index contributed by atoms with van der Waals surface area (Å²) < 4.78 is 1.96. The summed E-state index contributed by atoms with van der Waals surface area (Å²) in [6.45, 7) is 7.66. The van der Waals surface area contributed by atoms with E-state index in [0.29, 0.717) is 12.5 Å². The highest BCUT2D eigenvalue weighted by atomic mass is 16.3. The Morgan fingerprint density at radius 3 is 2.76 bits per heavy atom. The largest absolute Gasteiger partial charge is 0.396 e. The Hall–Kier alpha value is -0.870. The number of likely N-dealkylation sites (tertiary alicyclic amines) is 1. The van der Waals surface area contributed by atoms with Gasteiger partial charge in [0.15, 0.2) is 0 Å². The van der Waals surface area contributed by atoms with Crippen LogP contribution >= 0.6 is 0 Å². The first-order valence-electron chi connectivity index (χ1n) is 6.44. The van der Waals surface area contributed by atoms with Gasteiger partial charge in [0.1, 0.15) is 0 Å². The van der Waals surface area contributed by atoms with Gasteiger partial charge in [-0.1, -0.05) is 0 Å². The van der Waals surface area contributed by atoms with E-state index < -0.39 is 0 Å². The molecule has 2 heterocycles. The van der Waals surface area contributed by atoms with E-state index in [1.165, 1.54) is 17.7 Å². The highest BCUT2D eigenvalue weighted by Crippen LogP contribution is 2.20. The fourth-order valence-electron chi connectivity index (χ4n) is 2.71. The Balaban J connectivity index is 2.05. The summed E-state index contributed by atoms with van der Waals surface area (Å²) in [5.74, 6) is 0.459. The van der Waals surface area contributed by atoms with Crippen molar-refractivity contribution in [3.63, 3.8) is 0 Å². The maximum atomic E-state index is 9.25. The number of piperidine rings is 1. The van der Waals surface area contributed by atoms with Gasteiger partial charge in [-0.25, -0.2) is 0 Å². The molecule has 0 amide bonds. The second kappa shape index (κ2) is 5.19. The van der Waals surface area contributed by atoms with Gasteiger partial charge in [-0.3, -0.25) is 9.58 Å². The Labute approximate surface area is 103 Å². The molecular weight excluding hydrogens is 214 g/mol. The number of aryl methyl sites for hydroxylation is 2. The van der Waals surface area contributed by atoms with E-state index in [2.05, 4.69) is 23.8 Å². The second-order valence-electron chi connectivity index (χ2n) is 5.20. The van der Waals surface area contributed by atoms with E-state index in [1.54, 1.807) is 0 Å². The van der Waals surface area contributed by atoms with Crippen LogP contribution in [0, 0.1) is 19.8 Å². The second-order valence-corrected chi connectivity index (χ2v) is 5.20. The van der Waals surface area contributed by atoms with Crippen LogP contribution < -0.4 is 0 Å². The number of aliphatic hydroxyl groups excluding tert-OH is 1. The van der Waals surface area contributed by atoms with Crippen molar-refractivity contribution in [2.75, 3.05) is 19.7 Å². The third-order valence-electron chi connectivity index (χ3n) is 3.90. The summed E-state index contributed by atoms with van der Waals surface area (Å²) in [4.78, 5) is 2.45. The average Bonchev–Trinajstić information content (AvgIpc) is 2.56. The molecule has 0 unspecified atom stereocenters. The summed E-state index contributed by atoms with van der Waals surface area (Å²) in [6.07, 6.45) is 2.36. The van der Waals surface area contributed by atoms with Gasteiger partial charge < -0.3 is 5.11 Å². The van der Waals surface area contributed by atoms with Crippen LogP contribution in [0.3, 0.4) is 0 Å². The lowest BCUT2D eigenvalue weighted by molar-refractivity contribution is 0.115. The van der Waals surface area contributed by atoms with Crippen LogP contribution in [-0.4, -0.2) is 39.5 Å². The molecule has 1 aromatic heterocycles. The van der Waals surface area contributed by atoms with Crippen LogP contribution in [-0.2, 0) is 13.6 Å². The fourth-order valence-corrected chi connectivity index (χ4v) is 2.71. The van der Waals surface area contributed by atoms with Crippen molar-refractivity contribution in [2.45, 2.75) is 33.2 Å². The molecule has 0 bridgehead atoms. The van der Waals surface area contributed by atoms with Crippen molar-refractivity contribution in [1.82, 2.24) is 14.7 Å². The molecule has 1 fully saturated rings. The van der Waals surface area contributed by atoms with Gasteiger partial charge in [0, 0.05) is 38.0 Å². The maximum Gasteiger partial charge on any atom is 0.0641 e. The van der Waals surface area contributed by atoms with Gasteiger partial charge >= 0.3 is 0 Å². The van der Waals surface area contributed by atoms with E-state index in [4.69, 9.17) is 0 Å². The smallest absolute Gasteiger partial charge is 0.0641 e. The topological polar surface area (TPSA) is 41.3 Å². The first-order chi connectivity index (χ1) is 8.11. The Morgan fingerprint density at radius 2 is 2.18 bits per heavy atom. The van der Waals surface area contributed by atoms with E-state index in [9.17, 15) is 5.11 Å². The molecule has 1 aromatic rings. The molecule has 17 heavy (non-hydrogen) atoms. The van der Waals surface area contributed by atoms with Crippen molar-refractivity contribution in [3.05, 3.63) is 17.0 Å². The molecule has 2 rings (SSSR count). The standard InChI is InChI=1S/C13H23N3O/c1-10-13(11(2)15(3)14-10)8-16-6-4-5-12(7-16)9-17/h12,17H,4-9H2,1-3H3/t12-/m1/s1. The summed E-state index contributed by atoms with van der Waals surface area (Å²) in [6, 6.07) is 0. The molecule has 0 aliphatic carbocycles. The molecule has 1 atom stereocenters. The zero-order valence-electron chi connectivity index (χ0n) is 11.1. The normalized spacial score (nSPS) is 22.0. The molecule has 0 aromatic carbocycles. The summed E-state index contributed by atoms with van der Waals surface area (Å²) >= 11 is 0. The number of hydrogen-bond acceptors (Lipinski definition) is 3. The fraction of sp³-hybridized carbons (Fsp3) is 0.769. The minimum absolute atomic E-state index is 0.321. The first-order valence-corrected chi connectivity index (χ1v) is 6.44. The van der Waals surface area contributed by atoms with E-state index in [1.807, 2.05) is 11.7 Å². The average molecular weight is 237 g/mol. The number of aromatic nitrogens is 2. The molecule has 1 N–H and O–H groups in total. The molecule has 0 radical (unpaired) electrons. The summed E-state index contributed by atoms with van der Waals surface area (Å²) in [7, 11) is 2.00. The first kappa shape index (κ1) is 12.6. The Morgan fingerprint density at radius 1 is 1.41 bits per heavy atom. The highest BCUT2D eigenvalue weighted by molar-refractivity contribution is 5.24. The van der Waals surface area contributed by atoms with Crippen molar-refractivity contribution in [1.29, 1.82) is 0 Å². The lowest BCUT2D eigenvalue weighted by Gasteiger charge is -2.31. The van der Waals surface area contributed by atoms with Crippen molar-refractivity contribution >= 4 is 0 Å². The molecule has 1 aliphatic heterocycles. The monoisotopic (exact) mass is 237 g/mol. The number of nitrogens with zero attached hydrogens (tertiary/aromatic N) is 3. The van der Waals surface area contributed by atoms with Gasteiger partial charge in [0.05, 0.1) is 5.69 Å². The molecule has 0 saturated carbocycles. The molecule has 4 heteroatoms. The highest BCUT2D eigenvalue weighted by Gasteiger charge is 2.21. The Kier molecular flexibility index (Phi) is 3.84. The summed E-state index contributed by atoms with van der Waals surface area (Å²) in [5.41, 5.74) is 3.75. The quantitative estimate of drug-likeness (QED) is 0.860. The van der Waals surface area contributed by atoms with E-state index in [-0.39, 0.29) is 0 Å². The van der Waals surface area contributed by atoms with Gasteiger partial charge in [-0.05, 0) is 39.2 Å². The lowest BCUT2D eigenvalue weighted by atomic mass is 9.98. The van der Waals surface area contributed by atoms with Crippen molar-refractivity contribution in [2.24, 2.45) is 13.0 Å². The van der Waals surface area contributed by atoms with Crippen LogP contribution in [0.5, 0.6) is 0 Å². The predicted octanol–water partition coefficient (Wildman–Crippen LogP) is 1.24. The van der Waals surface area contributed by atoms with Gasteiger partial charge in [0.25, 0.3) is 0 Å². The van der Waals surface area contributed by atoms with Crippen molar-refractivity contribution < 1.29 is 5.11 Å². The minimum Gasteiger partial charge on any atom is -0.396 e. The molecular formula is C13H23N3O. The zero-order valence-corrected chi connectivity index (χ0v) is 11.1. The molecule has 96 valence electrons. The van der Waals surface area contributed by atoms with Crippen LogP contribution in [0.25, 0.3) is 0 Å². The third kappa shape index (κ3) is 2.69. The third-order valence-corrected chi connectivity index (χ3v) is 3.90. The molecule has 1 aliphatic rings.